The van der Waals surface area contributed by atoms with E-state index in [4.69, 9.17) is 0 Å². The third-order valence-corrected chi connectivity index (χ3v) is 4.51. The zero-order valence-corrected chi connectivity index (χ0v) is 11.1. The molecule has 1 aromatic heterocycles. The van der Waals surface area contributed by atoms with Crippen molar-refractivity contribution in [3.05, 3.63) is 36.3 Å². The maximum atomic E-state index is 4.37. The highest BCUT2D eigenvalue weighted by atomic mass is 15.1. The van der Waals surface area contributed by atoms with E-state index in [-0.39, 0.29) is 0 Å². The summed E-state index contributed by atoms with van der Waals surface area (Å²) in [5, 5.41) is 3.52. The molecule has 19 heavy (non-hydrogen) atoms. The van der Waals surface area contributed by atoms with Gasteiger partial charge >= 0.3 is 0 Å². The van der Waals surface area contributed by atoms with E-state index >= 15 is 0 Å². The zero-order valence-electron chi connectivity index (χ0n) is 11.1. The SMILES string of the molecule is c1cc2c(c(-c3cncn3CC3CCC3)c1)NCC2. The fraction of sp³-hybridized carbons (Fsp3) is 0.438. The number of nitrogens with zero attached hydrogens (tertiary/aromatic N) is 2. The summed E-state index contributed by atoms with van der Waals surface area (Å²) < 4.78 is 2.33. The van der Waals surface area contributed by atoms with Crippen LogP contribution in [0.5, 0.6) is 0 Å². The molecule has 0 atom stereocenters. The van der Waals surface area contributed by atoms with Gasteiger partial charge in [0.05, 0.1) is 18.2 Å². The second-order valence-corrected chi connectivity index (χ2v) is 5.74. The lowest BCUT2D eigenvalue weighted by molar-refractivity contribution is 0.277. The maximum absolute atomic E-state index is 4.37. The van der Waals surface area contributed by atoms with Gasteiger partial charge in [0.25, 0.3) is 0 Å². The van der Waals surface area contributed by atoms with Gasteiger partial charge in [-0.25, -0.2) is 4.98 Å². The molecule has 3 nitrogen and oxygen atoms in total. The molecule has 2 aliphatic rings. The van der Waals surface area contributed by atoms with E-state index in [9.17, 15) is 0 Å². The van der Waals surface area contributed by atoms with Gasteiger partial charge in [0, 0.05) is 24.3 Å². The minimum atomic E-state index is 0.859. The Morgan fingerprint density at radius 2 is 2.26 bits per heavy atom. The molecule has 1 aliphatic carbocycles. The van der Waals surface area contributed by atoms with Crippen LogP contribution in [0.1, 0.15) is 24.8 Å². The second kappa shape index (κ2) is 4.41. The molecule has 2 aromatic rings. The highest BCUT2D eigenvalue weighted by molar-refractivity contribution is 5.79. The number of anilines is 1. The van der Waals surface area contributed by atoms with E-state index < -0.39 is 0 Å². The van der Waals surface area contributed by atoms with Crippen LogP contribution < -0.4 is 5.32 Å². The van der Waals surface area contributed by atoms with Crippen LogP contribution in [0.3, 0.4) is 0 Å². The molecule has 0 saturated heterocycles. The van der Waals surface area contributed by atoms with Gasteiger partial charge in [0.1, 0.15) is 0 Å². The lowest BCUT2D eigenvalue weighted by Crippen LogP contribution is -2.18. The number of hydrogen-bond donors (Lipinski definition) is 1. The predicted octanol–water partition coefficient (Wildman–Crippen LogP) is 3.32. The molecule has 1 aromatic carbocycles. The summed E-state index contributed by atoms with van der Waals surface area (Å²) in [5.74, 6) is 0.859. The minimum Gasteiger partial charge on any atom is -0.384 e. The number of imidazole rings is 1. The normalized spacial score (nSPS) is 17.9. The first-order chi connectivity index (χ1) is 9.42. The Morgan fingerprint density at radius 3 is 3.11 bits per heavy atom. The zero-order chi connectivity index (χ0) is 12.7. The van der Waals surface area contributed by atoms with Gasteiger partial charge in [0.2, 0.25) is 0 Å². The van der Waals surface area contributed by atoms with E-state index in [0.29, 0.717) is 0 Å². The first kappa shape index (κ1) is 11.1. The number of hydrogen-bond acceptors (Lipinski definition) is 2. The molecule has 0 spiro atoms. The Labute approximate surface area is 113 Å². The summed E-state index contributed by atoms with van der Waals surface area (Å²) in [6.45, 7) is 2.18. The molecule has 1 aliphatic heterocycles. The summed E-state index contributed by atoms with van der Waals surface area (Å²) in [4.78, 5) is 4.37. The highest BCUT2D eigenvalue weighted by Crippen LogP contribution is 2.35. The van der Waals surface area contributed by atoms with E-state index in [0.717, 1.165) is 25.4 Å². The van der Waals surface area contributed by atoms with Crippen LogP contribution in [0.25, 0.3) is 11.3 Å². The van der Waals surface area contributed by atoms with Crippen molar-refractivity contribution < 1.29 is 0 Å². The Bertz CT molecular complexity index is 596. The van der Waals surface area contributed by atoms with Gasteiger partial charge in [0.15, 0.2) is 0 Å². The van der Waals surface area contributed by atoms with E-state index in [1.165, 1.54) is 41.8 Å². The van der Waals surface area contributed by atoms with Crippen molar-refractivity contribution in [1.82, 2.24) is 9.55 Å². The summed E-state index contributed by atoms with van der Waals surface area (Å²) in [6, 6.07) is 6.61. The molecular formula is C16H19N3. The largest absolute Gasteiger partial charge is 0.384 e. The molecule has 1 saturated carbocycles. The Morgan fingerprint density at radius 1 is 1.32 bits per heavy atom. The molecular weight excluding hydrogens is 234 g/mol. The lowest BCUT2D eigenvalue weighted by atomic mass is 9.85. The second-order valence-electron chi connectivity index (χ2n) is 5.74. The van der Waals surface area contributed by atoms with Gasteiger partial charge in [-0.15, -0.1) is 0 Å². The molecule has 1 fully saturated rings. The van der Waals surface area contributed by atoms with E-state index in [1.807, 2.05) is 12.5 Å². The van der Waals surface area contributed by atoms with Crippen LogP contribution in [-0.2, 0) is 13.0 Å². The molecule has 4 rings (SSSR count). The third-order valence-electron chi connectivity index (χ3n) is 4.51. The Balaban J connectivity index is 1.72. The molecule has 3 heteroatoms. The van der Waals surface area contributed by atoms with E-state index in [1.54, 1.807) is 0 Å². The predicted molar refractivity (Wildman–Crippen MR) is 77.2 cm³/mol. The van der Waals surface area contributed by atoms with Crippen LogP contribution in [0.15, 0.2) is 30.7 Å². The number of benzene rings is 1. The van der Waals surface area contributed by atoms with Crippen LogP contribution in [-0.4, -0.2) is 16.1 Å². The first-order valence-electron chi connectivity index (χ1n) is 7.28. The highest BCUT2D eigenvalue weighted by Gasteiger charge is 2.21. The maximum Gasteiger partial charge on any atom is 0.0951 e. The van der Waals surface area contributed by atoms with Crippen LogP contribution in [0.2, 0.25) is 0 Å². The van der Waals surface area contributed by atoms with Crippen LogP contribution >= 0.6 is 0 Å². The van der Waals surface area contributed by atoms with Crippen molar-refractivity contribution in [3.63, 3.8) is 0 Å². The fourth-order valence-corrected chi connectivity index (χ4v) is 3.20. The topological polar surface area (TPSA) is 29.9 Å². The summed E-state index contributed by atoms with van der Waals surface area (Å²) >= 11 is 0. The summed E-state index contributed by atoms with van der Waals surface area (Å²) in [7, 11) is 0. The molecule has 1 N–H and O–H groups in total. The molecule has 0 bridgehead atoms. The van der Waals surface area contributed by atoms with Crippen molar-refractivity contribution in [2.45, 2.75) is 32.2 Å². The van der Waals surface area contributed by atoms with Gasteiger partial charge in [-0.1, -0.05) is 24.6 Å². The summed E-state index contributed by atoms with van der Waals surface area (Å²) in [5.41, 5.74) is 5.33. The van der Waals surface area contributed by atoms with Crippen molar-refractivity contribution in [2.75, 3.05) is 11.9 Å². The van der Waals surface area contributed by atoms with Crippen molar-refractivity contribution in [3.8, 4) is 11.3 Å². The quantitative estimate of drug-likeness (QED) is 0.909. The van der Waals surface area contributed by atoms with E-state index in [2.05, 4.69) is 33.1 Å². The Kier molecular flexibility index (Phi) is 2.57. The molecule has 2 heterocycles. The monoisotopic (exact) mass is 253 g/mol. The first-order valence-corrected chi connectivity index (χ1v) is 7.28. The number of aromatic nitrogens is 2. The minimum absolute atomic E-state index is 0.859. The number of rotatable bonds is 3. The third kappa shape index (κ3) is 1.84. The molecule has 98 valence electrons. The summed E-state index contributed by atoms with van der Waals surface area (Å²) in [6.07, 6.45) is 9.29. The van der Waals surface area contributed by atoms with Gasteiger partial charge < -0.3 is 9.88 Å². The number of nitrogens with one attached hydrogen (secondary N) is 1. The Hall–Kier alpha value is -1.77. The number of fused-ring (bicyclic) bond motifs is 1. The average Bonchev–Trinajstić information content (AvgIpc) is 3.02. The number of para-hydroxylation sites is 1. The van der Waals surface area contributed by atoms with Gasteiger partial charge in [-0.3, -0.25) is 0 Å². The van der Waals surface area contributed by atoms with Crippen molar-refractivity contribution >= 4 is 5.69 Å². The molecule has 0 radical (unpaired) electrons. The van der Waals surface area contributed by atoms with Crippen LogP contribution in [0, 0.1) is 5.92 Å². The van der Waals surface area contributed by atoms with Gasteiger partial charge in [-0.2, -0.15) is 0 Å². The average molecular weight is 253 g/mol. The standard InChI is InChI=1S/C16H19N3/c1-3-12(4-1)10-19-11-17-9-15(19)14-6-2-5-13-7-8-18-16(13)14/h2,5-6,9,11-12,18H,1,3-4,7-8,10H2. The van der Waals surface area contributed by atoms with Crippen LogP contribution in [0.4, 0.5) is 5.69 Å². The lowest BCUT2D eigenvalue weighted by Gasteiger charge is -2.26. The smallest absolute Gasteiger partial charge is 0.0951 e. The van der Waals surface area contributed by atoms with Crippen molar-refractivity contribution in [1.29, 1.82) is 0 Å². The molecule has 0 amide bonds. The van der Waals surface area contributed by atoms with Gasteiger partial charge in [-0.05, 0) is 30.7 Å². The fourth-order valence-electron chi connectivity index (χ4n) is 3.20. The van der Waals surface area contributed by atoms with Crippen molar-refractivity contribution in [2.24, 2.45) is 5.92 Å². The molecule has 0 unspecified atom stereocenters.